The van der Waals surface area contributed by atoms with Crippen LogP contribution in [-0.4, -0.2) is 78.8 Å². The van der Waals surface area contributed by atoms with Crippen LogP contribution in [0.1, 0.15) is 31.4 Å². The van der Waals surface area contributed by atoms with Crippen LogP contribution in [0, 0.1) is 11.8 Å². The van der Waals surface area contributed by atoms with Crippen molar-refractivity contribution >= 4 is 29.5 Å². The second-order valence-corrected chi connectivity index (χ2v) is 13.5. The minimum atomic E-state index is -0.919. The van der Waals surface area contributed by atoms with Crippen LogP contribution in [0.5, 0.6) is 0 Å². The van der Waals surface area contributed by atoms with Crippen molar-refractivity contribution in [2.24, 2.45) is 11.8 Å². The maximum atomic E-state index is 14.6. The van der Waals surface area contributed by atoms with Crippen molar-refractivity contribution in [2.75, 3.05) is 19.7 Å². The zero-order chi connectivity index (χ0) is 28.8. The lowest BCUT2D eigenvalue weighted by molar-refractivity contribution is -0.147. The minimum Gasteiger partial charge on any atom is -0.394 e. The molecule has 0 aromatic heterocycles. The topological polar surface area (TPSA) is 81.2 Å². The number of aliphatic hydroxyl groups is 1. The van der Waals surface area contributed by atoms with Gasteiger partial charge in [0.2, 0.25) is 17.7 Å². The van der Waals surface area contributed by atoms with Crippen molar-refractivity contribution in [3.05, 3.63) is 96.1 Å². The molecule has 7 nitrogen and oxygen atoms in total. The lowest BCUT2D eigenvalue weighted by atomic mass is 9.74. The van der Waals surface area contributed by atoms with Crippen molar-refractivity contribution < 1.29 is 19.5 Å². The number of likely N-dealkylation sites (tertiary alicyclic amines) is 1. The highest BCUT2D eigenvalue weighted by atomic mass is 32.2. The zero-order valence-corrected chi connectivity index (χ0v) is 24.4. The molecule has 0 radical (unpaired) electrons. The summed E-state index contributed by atoms with van der Waals surface area (Å²) in [6, 6.07) is 18.4. The first-order chi connectivity index (χ1) is 19.8. The van der Waals surface area contributed by atoms with E-state index in [1.807, 2.05) is 97.6 Å². The van der Waals surface area contributed by atoms with E-state index in [4.69, 9.17) is 0 Å². The van der Waals surface area contributed by atoms with Gasteiger partial charge in [0.25, 0.3) is 0 Å². The fourth-order valence-corrected chi connectivity index (χ4v) is 9.40. The summed E-state index contributed by atoms with van der Waals surface area (Å²) in [6.07, 6.45) is 8.68. The van der Waals surface area contributed by atoms with Crippen molar-refractivity contribution in [1.29, 1.82) is 0 Å². The smallest absolute Gasteiger partial charge is 0.247 e. The molecule has 2 aromatic rings. The number of carbonyl (C=O) groups excluding carboxylic acids is 3. The maximum absolute atomic E-state index is 14.6. The molecule has 1 N–H and O–H groups in total. The van der Waals surface area contributed by atoms with E-state index in [0.717, 1.165) is 11.1 Å². The molecule has 3 amide bonds. The lowest BCUT2D eigenvalue weighted by Gasteiger charge is -2.39. The standard InChI is InChI=1S/C33H37N3O4S/c1-3-25(22-37)36-28-31(40)35(21-24-14-8-5-9-15-24)19-11-17-33(28)27(30(36)39)26-29(38)34(18-10-16-32(26,2)41-33)20-23-12-6-4-7-13-23/h4-17,25-28,37H,3,18-22H2,1-2H3/t25-,26+,27-,28?,32-,33-/m0/s1. The molecule has 41 heavy (non-hydrogen) atoms. The number of hydrogen-bond donors (Lipinski definition) is 1. The van der Waals surface area contributed by atoms with Crippen LogP contribution in [0.4, 0.5) is 0 Å². The van der Waals surface area contributed by atoms with E-state index in [0.29, 0.717) is 32.6 Å². The molecule has 4 heterocycles. The molecule has 6 rings (SSSR count). The molecule has 8 heteroatoms. The predicted octanol–water partition coefficient (Wildman–Crippen LogP) is 3.64. The summed E-state index contributed by atoms with van der Waals surface area (Å²) in [5, 5.41) is 10.4. The first kappa shape index (κ1) is 27.8. The van der Waals surface area contributed by atoms with Crippen LogP contribution >= 0.6 is 11.8 Å². The highest BCUT2D eigenvalue weighted by Crippen LogP contribution is 2.66. The summed E-state index contributed by atoms with van der Waals surface area (Å²) < 4.78 is -1.58. The Hall–Kier alpha value is -3.36. The van der Waals surface area contributed by atoms with E-state index in [1.54, 1.807) is 21.6 Å². The van der Waals surface area contributed by atoms with Crippen LogP contribution in [0.2, 0.25) is 0 Å². The summed E-state index contributed by atoms with van der Waals surface area (Å²) in [5.41, 5.74) is 2.04. The number of benzene rings is 2. The van der Waals surface area contributed by atoms with E-state index in [2.05, 4.69) is 6.08 Å². The molecule has 0 aliphatic carbocycles. The molecule has 1 spiro atoms. The van der Waals surface area contributed by atoms with Gasteiger partial charge in [-0.15, -0.1) is 11.8 Å². The summed E-state index contributed by atoms with van der Waals surface area (Å²) >= 11 is 1.58. The van der Waals surface area contributed by atoms with Gasteiger partial charge in [-0.3, -0.25) is 14.4 Å². The van der Waals surface area contributed by atoms with Crippen LogP contribution in [-0.2, 0) is 27.5 Å². The third kappa shape index (κ3) is 4.52. The molecule has 4 aliphatic heterocycles. The Morgan fingerprint density at radius 1 is 0.829 bits per heavy atom. The van der Waals surface area contributed by atoms with Gasteiger partial charge < -0.3 is 19.8 Å². The van der Waals surface area contributed by atoms with Gasteiger partial charge in [0.15, 0.2) is 0 Å². The fraction of sp³-hybridized carbons (Fsp3) is 0.424. The van der Waals surface area contributed by atoms with Gasteiger partial charge >= 0.3 is 0 Å². The fourth-order valence-electron chi connectivity index (χ4n) is 7.26. The highest BCUT2D eigenvalue weighted by Gasteiger charge is 2.74. The van der Waals surface area contributed by atoms with Gasteiger partial charge in [-0.2, -0.15) is 0 Å². The maximum Gasteiger partial charge on any atom is 0.247 e. The number of hydrogen-bond acceptors (Lipinski definition) is 5. The van der Waals surface area contributed by atoms with Gasteiger partial charge in [0, 0.05) is 30.9 Å². The molecule has 1 unspecified atom stereocenters. The van der Waals surface area contributed by atoms with Crippen molar-refractivity contribution in [3.63, 3.8) is 0 Å². The first-order valence-electron chi connectivity index (χ1n) is 14.5. The lowest BCUT2D eigenvalue weighted by Crippen LogP contribution is -2.56. The molecule has 4 aliphatic rings. The van der Waals surface area contributed by atoms with Crippen LogP contribution < -0.4 is 0 Å². The number of fused-ring (bicyclic) bond motifs is 2. The third-order valence-corrected chi connectivity index (χ3v) is 11.0. The first-order valence-corrected chi connectivity index (χ1v) is 15.3. The number of rotatable bonds is 7. The normalized spacial score (nSPS) is 31.5. The molecule has 2 aromatic carbocycles. The third-order valence-electron chi connectivity index (χ3n) is 9.17. The summed E-state index contributed by atoms with van der Waals surface area (Å²) in [5.74, 6) is -1.75. The van der Waals surface area contributed by atoms with E-state index >= 15 is 0 Å². The zero-order valence-electron chi connectivity index (χ0n) is 23.6. The van der Waals surface area contributed by atoms with Crippen LogP contribution in [0.25, 0.3) is 0 Å². The van der Waals surface area contributed by atoms with Crippen molar-refractivity contribution in [2.45, 2.75) is 54.9 Å². The number of thioether (sulfide) groups is 1. The SMILES string of the molecule is CC[C@@H](CO)N1C(=O)[C@@H]2[C@@H]3C(=O)N(Cc4ccccc4)CC=C[C@]3(C)S[C@@]23C=CCN(Cc2ccccc2)C(=O)C13. The molecular weight excluding hydrogens is 534 g/mol. The largest absolute Gasteiger partial charge is 0.394 e. The molecule has 0 bridgehead atoms. The Balaban J connectivity index is 1.42. The van der Waals surface area contributed by atoms with Gasteiger partial charge in [-0.1, -0.05) is 91.9 Å². The van der Waals surface area contributed by atoms with Crippen molar-refractivity contribution in [3.8, 4) is 0 Å². The van der Waals surface area contributed by atoms with Crippen molar-refractivity contribution in [1.82, 2.24) is 14.7 Å². The highest BCUT2D eigenvalue weighted by molar-refractivity contribution is 8.02. The number of carbonyl (C=O) groups is 3. The Bertz CT molecular complexity index is 1380. The predicted molar refractivity (Wildman–Crippen MR) is 160 cm³/mol. The summed E-state index contributed by atoms with van der Waals surface area (Å²) in [6.45, 7) is 5.49. The Labute approximate surface area is 245 Å². The van der Waals surface area contributed by atoms with E-state index < -0.39 is 33.4 Å². The molecule has 0 saturated carbocycles. The second-order valence-electron chi connectivity index (χ2n) is 11.7. The average molecular weight is 572 g/mol. The molecule has 2 saturated heterocycles. The molecule has 6 atom stereocenters. The Morgan fingerprint density at radius 3 is 1.95 bits per heavy atom. The minimum absolute atomic E-state index is 0.0621. The Kier molecular flexibility index (Phi) is 7.32. The Morgan fingerprint density at radius 2 is 1.39 bits per heavy atom. The monoisotopic (exact) mass is 571 g/mol. The van der Waals surface area contributed by atoms with Gasteiger partial charge in [-0.25, -0.2) is 0 Å². The van der Waals surface area contributed by atoms with Crippen LogP contribution in [0.3, 0.4) is 0 Å². The van der Waals surface area contributed by atoms with Gasteiger partial charge in [-0.05, 0) is 24.5 Å². The average Bonchev–Trinajstić information content (AvgIpc) is 3.26. The number of aliphatic hydroxyl groups excluding tert-OH is 1. The summed E-state index contributed by atoms with van der Waals surface area (Å²) in [4.78, 5) is 48.7. The summed E-state index contributed by atoms with van der Waals surface area (Å²) in [7, 11) is 0. The number of nitrogens with zero attached hydrogens (tertiary/aromatic N) is 3. The van der Waals surface area contributed by atoms with Gasteiger partial charge in [0.05, 0.1) is 29.2 Å². The van der Waals surface area contributed by atoms with E-state index in [-0.39, 0.29) is 24.3 Å². The van der Waals surface area contributed by atoms with Gasteiger partial charge in [0.1, 0.15) is 6.04 Å². The molecule has 2 fully saturated rings. The quantitative estimate of drug-likeness (QED) is 0.514. The van der Waals surface area contributed by atoms with E-state index in [9.17, 15) is 19.5 Å². The van der Waals surface area contributed by atoms with Crippen LogP contribution in [0.15, 0.2) is 85.0 Å². The van der Waals surface area contributed by atoms with E-state index in [1.165, 1.54) is 0 Å². The number of amides is 3. The second kappa shape index (κ2) is 10.8. The molecule has 214 valence electrons. The molecular formula is C33H37N3O4S.